The molecule has 0 heterocycles. The van der Waals surface area contributed by atoms with Gasteiger partial charge in [-0.2, -0.15) is 0 Å². The number of ether oxygens (including phenoxy) is 2. The smallest absolute Gasteiger partial charge is 0.123 e. The molecule has 2 unspecified atom stereocenters. The van der Waals surface area contributed by atoms with Crippen LogP contribution >= 0.6 is 0 Å². The standard InChI is InChI=1S/C18H20O4/c19-13-4-1-6-15(10-13)21-17-8-3-9-18(12-17)22-16-7-2-5-14(20)11-16/h1-2,4-7,10-11,17-20H,3,8-9,12H2. The van der Waals surface area contributed by atoms with E-state index < -0.39 is 0 Å². The highest BCUT2D eigenvalue weighted by molar-refractivity contribution is 5.32. The van der Waals surface area contributed by atoms with E-state index in [2.05, 4.69) is 0 Å². The SMILES string of the molecule is Oc1cccc(OC2CCCC(Oc3cccc(O)c3)C2)c1. The number of hydrogen-bond acceptors (Lipinski definition) is 4. The summed E-state index contributed by atoms with van der Waals surface area (Å²) in [5.74, 6) is 1.78. The molecule has 3 rings (SSSR count). The normalized spacial score (nSPS) is 21.3. The van der Waals surface area contributed by atoms with Crippen LogP contribution in [0.15, 0.2) is 48.5 Å². The van der Waals surface area contributed by atoms with Crippen LogP contribution in [0.4, 0.5) is 0 Å². The van der Waals surface area contributed by atoms with E-state index in [1.54, 1.807) is 36.4 Å². The first-order chi connectivity index (χ1) is 10.7. The van der Waals surface area contributed by atoms with Crippen LogP contribution in [0.3, 0.4) is 0 Å². The second kappa shape index (κ2) is 6.60. The number of benzene rings is 2. The van der Waals surface area contributed by atoms with Crippen LogP contribution < -0.4 is 9.47 Å². The summed E-state index contributed by atoms with van der Waals surface area (Å²) in [6.45, 7) is 0. The summed E-state index contributed by atoms with van der Waals surface area (Å²) in [6.07, 6.45) is 3.96. The molecule has 0 radical (unpaired) electrons. The van der Waals surface area contributed by atoms with Crippen LogP contribution in [-0.2, 0) is 0 Å². The Hall–Kier alpha value is -2.36. The van der Waals surface area contributed by atoms with Crippen molar-refractivity contribution in [3.63, 3.8) is 0 Å². The number of rotatable bonds is 4. The quantitative estimate of drug-likeness (QED) is 0.900. The molecule has 22 heavy (non-hydrogen) atoms. The van der Waals surface area contributed by atoms with Crippen LogP contribution in [-0.4, -0.2) is 22.4 Å². The highest BCUT2D eigenvalue weighted by Gasteiger charge is 2.25. The number of aromatic hydroxyl groups is 2. The second-order valence-electron chi connectivity index (χ2n) is 5.64. The molecule has 1 saturated carbocycles. The zero-order valence-electron chi connectivity index (χ0n) is 12.3. The van der Waals surface area contributed by atoms with Gasteiger partial charge in [0.2, 0.25) is 0 Å². The Morgan fingerprint density at radius 3 is 1.73 bits per heavy atom. The minimum absolute atomic E-state index is 0.0814. The van der Waals surface area contributed by atoms with E-state index in [-0.39, 0.29) is 23.7 Å². The molecular weight excluding hydrogens is 280 g/mol. The number of phenolic OH excluding ortho intramolecular Hbond substituents is 2. The van der Waals surface area contributed by atoms with E-state index in [9.17, 15) is 10.2 Å². The molecule has 0 bridgehead atoms. The van der Waals surface area contributed by atoms with E-state index in [0.29, 0.717) is 11.5 Å². The Labute approximate surface area is 129 Å². The molecule has 116 valence electrons. The van der Waals surface area contributed by atoms with Crippen molar-refractivity contribution in [1.29, 1.82) is 0 Å². The van der Waals surface area contributed by atoms with Gasteiger partial charge in [-0.15, -0.1) is 0 Å². The van der Waals surface area contributed by atoms with Crippen molar-refractivity contribution in [3.05, 3.63) is 48.5 Å². The Bertz CT molecular complexity index is 572. The lowest BCUT2D eigenvalue weighted by molar-refractivity contribution is 0.0678. The van der Waals surface area contributed by atoms with Gasteiger partial charge in [-0.05, 0) is 43.5 Å². The summed E-state index contributed by atoms with van der Waals surface area (Å²) in [5, 5.41) is 19.0. The molecule has 1 fully saturated rings. The Balaban J connectivity index is 1.59. The molecule has 0 aromatic heterocycles. The molecule has 2 atom stereocenters. The first-order valence-corrected chi connectivity index (χ1v) is 7.60. The number of hydrogen-bond donors (Lipinski definition) is 2. The summed E-state index contributed by atoms with van der Waals surface area (Å²) in [5.41, 5.74) is 0. The zero-order chi connectivity index (χ0) is 15.4. The molecule has 0 saturated heterocycles. The van der Waals surface area contributed by atoms with Gasteiger partial charge in [-0.25, -0.2) is 0 Å². The molecular formula is C18H20O4. The van der Waals surface area contributed by atoms with Crippen molar-refractivity contribution in [2.24, 2.45) is 0 Å². The summed E-state index contributed by atoms with van der Waals surface area (Å²) >= 11 is 0. The molecule has 4 nitrogen and oxygen atoms in total. The lowest BCUT2D eigenvalue weighted by Gasteiger charge is -2.30. The first kappa shape index (κ1) is 14.6. The predicted molar refractivity (Wildman–Crippen MR) is 83.5 cm³/mol. The maximum Gasteiger partial charge on any atom is 0.123 e. The summed E-state index contributed by atoms with van der Waals surface area (Å²) < 4.78 is 11.9. The van der Waals surface area contributed by atoms with Gasteiger partial charge in [0.05, 0.1) is 0 Å². The van der Waals surface area contributed by atoms with Crippen molar-refractivity contribution in [1.82, 2.24) is 0 Å². The third-order valence-corrected chi connectivity index (χ3v) is 3.82. The second-order valence-corrected chi connectivity index (χ2v) is 5.64. The van der Waals surface area contributed by atoms with Crippen molar-refractivity contribution in [2.75, 3.05) is 0 Å². The summed E-state index contributed by atoms with van der Waals surface area (Å²) in [6, 6.07) is 13.7. The van der Waals surface area contributed by atoms with Crippen LogP contribution in [0, 0.1) is 0 Å². The maximum atomic E-state index is 9.49. The highest BCUT2D eigenvalue weighted by atomic mass is 16.5. The average molecular weight is 300 g/mol. The van der Waals surface area contributed by atoms with Gasteiger partial charge >= 0.3 is 0 Å². The monoisotopic (exact) mass is 300 g/mol. The molecule has 0 amide bonds. The highest BCUT2D eigenvalue weighted by Crippen LogP contribution is 2.29. The van der Waals surface area contributed by atoms with Gasteiger partial charge in [-0.3, -0.25) is 0 Å². The molecule has 2 N–H and O–H groups in total. The molecule has 1 aliphatic carbocycles. The van der Waals surface area contributed by atoms with Gasteiger partial charge in [-0.1, -0.05) is 12.1 Å². The van der Waals surface area contributed by atoms with Crippen LogP contribution in [0.1, 0.15) is 25.7 Å². The fourth-order valence-corrected chi connectivity index (χ4v) is 2.81. The van der Waals surface area contributed by atoms with Crippen molar-refractivity contribution in [2.45, 2.75) is 37.9 Å². The largest absolute Gasteiger partial charge is 0.508 e. The Morgan fingerprint density at radius 1 is 0.773 bits per heavy atom. The molecule has 0 spiro atoms. The lowest BCUT2D eigenvalue weighted by atomic mass is 9.94. The predicted octanol–water partition coefficient (Wildman–Crippen LogP) is 3.87. The van der Waals surface area contributed by atoms with Crippen LogP contribution in [0.25, 0.3) is 0 Å². The lowest BCUT2D eigenvalue weighted by Crippen LogP contribution is -2.31. The first-order valence-electron chi connectivity index (χ1n) is 7.60. The molecule has 2 aromatic rings. The topological polar surface area (TPSA) is 58.9 Å². The number of phenols is 2. The Morgan fingerprint density at radius 2 is 1.27 bits per heavy atom. The summed E-state index contributed by atoms with van der Waals surface area (Å²) in [7, 11) is 0. The van der Waals surface area contributed by atoms with Gasteiger partial charge in [0, 0.05) is 18.6 Å². The summed E-state index contributed by atoms with van der Waals surface area (Å²) in [4.78, 5) is 0. The van der Waals surface area contributed by atoms with Gasteiger partial charge in [0.15, 0.2) is 0 Å². The van der Waals surface area contributed by atoms with E-state index in [1.807, 2.05) is 12.1 Å². The molecule has 1 aliphatic rings. The van der Waals surface area contributed by atoms with E-state index >= 15 is 0 Å². The zero-order valence-corrected chi connectivity index (χ0v) is 12.3. The molecule has 0 aliphatic heterocycles. The molecule has 2 aromatic carbocycles. The van der Waals surface area contributed by atoms with Gasteiger partial charge in [0.25, 0.3) is 0 Å². The van der Waals surface area contributed by atoms with Crippen LogP contribution in [0.2, 0.25) is 0 Å². The minimum Gasteiger partial charge on any atom is -0.508 e. The third kappa shape index (κ3) is 3.85. The Kier molecular flexibility index (Phi) is 4.37. The van der Waals surface area contributed by atoms with Gasteiger partial charge in [0.1, 0.15) is 35.2 Å². The fraction of sp³-hybridized carbons (Fsp3) is 0.333. The van der Waals surface area contributed by atoms with Crippen LogP contribution in [0.5, 0.6) is 23.0 Å². The van der Waals surface area contributed by atoms with Crippen molar-refractivity contribution in [3.8, 4) is 23.0 Å². The average Bonchev–Trinajstić information content (AvgIpc) is 2.47. The van der Waals surface area contributed by atoms with Crippen molar-refractivity contribution >= 4 is 0 Å². The maximum absolute atomic E-state index is 9.49. The van der Waals surface area contributed by atoms with Gasteiger partial charge < -0.3 is 19.7 Å². The van der Waals surface area contributed by atoms with E-state index in [0.717, 1.165) is 25.7 Å². The fourth-order valence-electron chi connectivity index (χ4n) is 2.81. The third-order valence-electron chi connectivity index (χ3n) is 3.82. The molecule has 4 heteroatoms. The van der Waals surface area contributed by atoms with Crippen molar-refractivity contribution < 1.29 is 19.7 Å². The van der Waals surface area contributed by atoms with E-state index in [1.165, 1.54) is 0 Å². The minimum atomic E-state index is 0.0814. The van der Waals surface area contributed by atoms with E-state index in [4.69, 9.17) is 9.47 Å².